The van der Waals surface area contributed by atoms with Crippen LogP contribution >= 0.6 is 0 Å². The first kappa shape index (κ1) is 13.4. The molecule has 1 atom stereocenters. The summed E-state index contributed by atoms with van der Waals surface area (Å²) in [5.41, 5.74) is 7.29. The first-order valence-corrected chi connectivity index (χ1v) is 6.93. The second-order valence-electron chi connectivity index (χ2n) is 4.97. The summed E-state index contributed by atoms with van der Waals surface area (Å²) in [5, 5.41) is 0. The zero-order chi connectivity index (χ0) is 12.8. The SMILES string of the molecule is COc1ccc([C@@H](CN)N2CCCCCC2)cc1. The van der Waals surface area contributed by atoms with Crippen molar-refractivity contribution in [2.75, 3.05) is 26.7 Å². The summed E-state index contributed by atoms with van der Waals surface area (Å²) in [6, 6.07) is 8.68. The molecular weight excluding hydrogens is 224 g/mol. The van der Waals surface area contributed by atoms with Crippen molar-refractivity contribution in [3.8, 4) is 5.75 Å². The molecular formula is C15H24N2O. The van der Waals surface area contributed by atoms with E-state index in [2.05, 4.69) is 17.0 Å². The summed E-state index contributed by atoms with van der Waals surface area (Å²) in [6.45, 7) is 3.04. The van der Waals surface area contributed by atoms with E-state index in [1.807, 2.05) is 12.1 Å². The van der Waals surface area contributed by atoms with E-state index in [0.29, 0.717) is 12.6 Å². The molecule has 0 aromatic heterocycles. The van der Waals surface area contributed by atoms with E-state index in [0.717, 1.165) is 5.75 Å². The van der Waals surface area contributed by atoms with Crippen LogP contribution in [0.4, 0.5) is 0 Å². The molecule has 0 aliphatic carbocycles. The molecule has 1 aliphatic heterocycles. The summed E-state index contributed by atoms with van der Waals surface area (Å²) in [6.07, 6.45) is 5.31. The average Bonchev–Trinajstić information content (AvgIpc) is 2.70. The van der Waals surface area contributed by atoms with Crippen molar-refractivity contribution in [2.24, 2.45) is 5.73 Å². The number of likely N-dealkylation sites (tertiary alicyclic amines) is 1. The van der Waals surface area contributed by atoms with Crippen LogP contribution < -0.4 is 10.5 Å². The topological polar surface area (TPSA) is 38.5 Å². The maximum Gasteiger partial charge on any atom is 0.118 e. The van der Waals surface area contributed by atoms with Gasteiger partial charge in [-0.3, -0.25) is 4.90 Å². The molecule has 0 unspecified atom stereocenters. The zero-order valence-corrected chi connectivity index (χ0v) is 11.3. The fraction of sp³-hybridized carbons (Fsp3) is 0.600. The minimum Gasteiger partial charge on any atom is -0.497 e. The third-order valence-corrected chi connectivity index (χ3v) is 3.81. The molecule has 0 bridgehead atoms. The predicted molar refractivity (Wildman–Crippen MR) is 74.8 cm³/mol. The lowest BCUT2D eigenvalue weighted by atomic mass is 10.0. The number of benzene rings is 1. The first-order valence-electron chi connectivity index (χ1n) is 6.93. The second-order valence-corrected chi connectivity index (χ2v) is 4.97. The number of nitrogens with zero attached hydrogens (tertiary/aromatic N) is 1. The van der Waals surface area contributed by atoms with Crippen LogP contribution in [-0.2, 0) is 0 Å². The van der Waals surface area contributed by atoms with Gasteiger partial charge in [-0.2, -0.15) is 0 Å². The Bertz CT molecular complexity index is 342. The molecule has 2 rings (SSSR count). The van der Waals surface area contributed by atoms with Crippen molar-refractivity contribution in [1.82, 2.24) is 4.90 Å². The molecule has 18 heavy (non-hydrogen) atoms. The predicted octanol–water partition coefficient (Wildman–Crippen LogP) is 2.57. The van der Waals surface area contributed by atoms with E-state index >= 15 is 0 Å². The van der Waals surface area contributed by atoms with E-state index in [1.54, 1.807) is 7.11 Å². The molecule has 0 spiro atoms. The molecule has 1 aliphatic rings. The number of ether oxygens (including phenoxy) is 1. The molecule has 1 heterocycles. The van der Waals surface area contributed by atoms with Gasteiger partial charge in [0.15, 0.2) is 0 Å². The molecule has 3 nitrogen and oxygen atoms in total. The minimum absolute atomic E-state index is 0.356. The van der Waals surface area contributed by atoms with Crippen LogP contribution in [0.2, 0.25) is 0 Å². The third-order valence-electron chi connectivity index (χ3n) is 3.81. The number of hydrogen-bond donors (Lipinski definition) is 1. The van der Waals surface area contributed by atoms with Crippen molar-refractivity contribution in [1.29, 1.82) is 0 Å². The molecule has 1 fully saturated rings. The van der Waals surface area contributed by atoms with E-state index in [9.17, 15) is 0 Å². The Morgan fingerprint density at radius 1 is 1.11 bits per heavy atom. The van der Waals surface area contributed by atoms with Crippen LogP contribution in [0, 0.1) is 0 Å². The number of methoxy groups -OCH3 is 1. The largest absolute Gasteiger partial charge is 0.497 e. The number of rotatable bonds is 4. The lowest BCUT2D eigenvalue weighted by molar-refractivity contribution is 0.209. The van der Waals surface area contributed by atoms with Gasteiger partial charge in [-0.15, -0.1) is 0 Å². The third kappa shape index (κ3) is 3.24. The summed E-state index contributed by atoms with van der Waals surface area (Å²) >= 11 is 0. The van der Waals surface area contributed by atoms with Gasteiger partial charge in [0.1, 0.15) is 5.75 Å². The van der Waals surface area contributed by atoms with Gasteiger partial charge in [0, 0.05) is 12.6 Å². The number of nitrogens with two attached hydrogens (primary N) is 1. The van der Waals surface area contributed by atoms with Gasteiger partial charge in [0.25, 0.3) is 0 Å². The highest BCUT2D eigenvalue weighted by molar-refractivity contribution is 5.29. The fourth-order valence-corrected chi connectivity index (χ4v) is 2.73. The van der Waals surface area contributed by atoms with Gasteiger partial charge < -0.3 is 10.5 Å². The monoisotopic (exact) mass is 248 g/mol. The molecule has 0 saturated carbocycles. The summed E-state index contributed by atoms with van der Waals surface area (Å²) < 4.78 is 5.20. The van der Waals surface area contributed by atoms with Crippen LogP contribution in [0.25, 0.3) is 0 Å². The first-order chi connectivity index (χ1) is 8.85. The van der Waals surface area contributed by atoms with Crippen molar-refractivity contribution in [2.45, 2.75) is 31.7 Å². The van der Waals surface area contributed by atoms with Crippen molar-refractivity contribution >= 4 is 0 Å². The Labute approximate surface area is 110 Å². The molecule has 100 valence electrons. The maximum absolute atomic E-state index is 5.98. The Morgan fingerprint density at radius 3 is 2.22 bits per heavy atom. The van der Waals surface area contributed by atoms with Gasteiger partial charge in [0.2, 0.25) is 0 Å². The normalized spacial score (nSPS) is 19.2. The molecule has 1 aromatic rings. The van der Waals surface area contributed by atoms with E-state index < -0.39 is 0 Å². The van der Waals surface area contributed by atoms with Gasteiger partial charge in [-0.05, 0) is 43.6 Å². The summed E-state index contributed by atoms with van der Waals surface area (Å²) in [7, 11) is 1.70. The maximum atomic E-state index is 5.98. The minimum atomic E-state index is 0.356. The highest BCUT2D eigenvalue weighted by atomic mass is 16.5. The molecule has 1 saturated heterocycles. The summed E-state index contributed by atoms with van der Waals surface area (Å²) in [4.78, 5) is 2.54. The van der Waals surface area contributed by atoms with Crippen LogP contribution in [0.1, 0.15) is 37.3 Å². The molecule has 0 amide bonds. The van der Waals surface area contributed by atoms with Crippen molar-refractivity contribution in [3.05, 3.63) is 29.8 Å². The smallest absolute Gasteiger partial charge is 0.118 e. The highest BCUT2D eigenvalue weighted by Gasteiger charge is 2.19. The quantitative estimate of drug-likeness (QED) is 0.890. The van der Waals surface area contributed by atoms with Crippen LogP contribution in [-0.4, -0.2) is 31.6 Å². The lowest BCUT2D eigenvalue weighted by Crippen LogP contribution is -2.34. The Balaban J connectivity index is 2.10. The van der Waals surface area contributed by atoms with E-state index in [4.69, 9.17) is 10.5 Å². The van der Waals surface area contributed by atoms with Crippen molar-refractivity contribution < 1.29 is 4.74 Å². The fourth-order valence-electron chi connectivity index (χ4n) is 2.73. The second kappa shape index (κ2) is 6.76. The van der Waals surface area contributed by atoms with E-state index in [1.165, 1.54) is 44.3 Å². The van der Waals surface area contributed by atoms with Crippen LogP contribution in [0.3, 0.4) is 0 Å². The molecule has 2 N–H and O–H groups in total. The highest BCUT2D eigenvalue weighted by Crippen LogP contribution is 2.24. The van der Waals surface area contributed by atoms with Gasteiger partial charge in [-0.1, -0.05) is 25.0 Å². The lowest BCUT2D eigenvalue weighted by Gasteiger charge is -2.30. The van der Waals surface area contributed by atoms with Gasteiger partial charge in [0.05, 0.1) is 7.11 Å². The Morgan fingerprint density at radius 2 is 1.72 bits per heavy atom. The molecule has 1 aromatic carbocycles. The standard InChI is InChI=1S/C15H24N2O/c1-18-14-8-6-13(7-9-14)15(12-16)17-10-4-2-3-5-11-17/h6-9,15H,2-5,10-12,16H2,1H3/t15-/m1/s1. The van der Waals surface area contributed by atoms with Gasteiger partial charge >= 0.3 is 0 Å². The van der Waals surface area contributed by atoms with Crippen molar-refractivity contribution in [3.63, 3.8) is 0 Å². The molecule has 0 radical (unpaired) electrons. The average molecular weight is 248 g/mol. The number of hydrogen-bond acceptors (Lipinski definition) is 3. The van der Waals surface area contributed by atoms with Crippen LogP contribution in [0.15, 0.2) is 24.3 Å². The Kier molecular flexibility index (Phi) is 5.02. The molecule has 3 heteroatoms. The zero-order valence-electron chi connectivity index (χ0n) is 11.3. The van der Waals surface area contributed by atoms with Crippen LogP contribution in [0.5, 0.6) is 5.75 Å². The van der Waals surface area contributed by atoms with Gasteiger partial charge in [-0.25, -0.2) is 0 Å². The van der Waals surface area contributed by atoms with E-state index in [-0.39, 0.29) is 0 Å². The summed E-state index contributed by atoms with van der Waals surface area (Å²) in [5.74, 6) is 0.908. The Hall–Kier alpha value is -1.06.